The quantitative estimate of drug-likeness (QED) is 0.332. The Labute approximate surface area is 199 Å². The second-order valence-electron chi connectivity index (χ2n) is 9.05. The minimum atomic E-state index is -0.435. The highest BCUT2D eigenvalue weighted by atomic mass is 32.2. The van der Waals surface area contributed by atoms with Crippen LogP contribution in [-0.4, -0.2) is 42.9 Å². The number of aryl methyl sites for hydroxylation is 2. The van der Waals surface area contributed by atoms with Crippen LogP contribution in [0.15, 0.2) is 38.2 Å². The molecule has 10 heteroatoms. The molecule has 1 saturated heterocycles. The zero-order chi connectivity index (χ0) is 23.1. The van der Waals surface area contributed by atoms with Gasteiger partial charge in [0, 0.05) is 32.4 Å². The zero-order valence-electron chi connectivity index (χ0n) is 19.1. The van der Waals surface area contributed by atoms with E-state index in [9.17, 15) is 9.59 Å². The Morgan fingerprint density at radius 1 is 1.15 bits per heavy atom. The van der Waals surface area contributed by atoms with Gasteiger partial charge in [-0.3, -0.25) is 14.3 Å². The Bertz CT molecular complexity index is 1380. The summed E-state index contributed by atoms with van der Waals surface area (Å²) >= 11 is 3.46. The molecule has 174 valence electrons. The van der Waals surface area contributed by atoms with E-state index in [-0.39, 0.29) is 5.56 Å². The van der Waals surface area contributed by atoms with Gasteiger partial charge in [-0.25, -0.2) is 9.78 Å². The molecule has 33 heavy (non-hydrogen) atoms. The summed E-state index contributed by atoms with van der Waals surface area (Å²) in [6.45, 7) is 6.98. The summed E-state index contributed by atoms with van der Waals surface area (Å²) in [5.74, 6) is 2.78. The molecule has 2 atom stereocenters. The number of para-hydroxylation sites is 1. The fourth-order valence-electron chi connectivity index (χ4n) is 4.80. The molecule has 0 aliphatic carbocycles. The van der Waals surface area contributed by atoms with Crippen molar-refractivity contribution >= 4 is 50.4 Å². The van der Waals surface area contributed by atoms with Gasteiger partial charge in [0.15, 0.2) is 15.5 Å². The summed E-state index contributed by atoms with van der Waals surface area (Å²) in [5, 5.41) is 0. The number of nitrogens with zero attached hydrogens (tertiary/aromatic N) is 5. The first-order valence-electron chi connectivity index (χ1n) is 11.3. The summed E-state index contributed by atoms with van der Waals surface area (Å²) in [7, 11) is 1.66. The molecule has 1 aliphatic rings. The van der Waals surface area contributed by atoms with Crippen molar-refractivity contribution in [3.63, 3.8) is 0 Å². The predicted octanol–water partition coefficient (Wildman–Crippen LogP) is 3.70. The van der Waals surface area contributed by atoms with Crippen molar-refractivity contribution in [3.8, 4) is 0 Å². The maximum atomic E-state index is 12.8. The van der Waals surface area contributed by atoms with Crippen LogP contribution in [-0.2, 0) is 13.6 Å². The maximum Gasteiger partial charge on any atom is 0.329 e. The number of aromatic nitrogens is 5. The van der Waals surface area contributed by atoms with Crippen molar-refractivity contribution in [1.82, 2.24) is 24.1 Å². The first-order chi connectivity index (χ1) is 15.9. The zero-order valence-corrected chi connectivity index (χ0v) is 20.7. The van der Waals surface area contributed by atoms with E-state index in [1.807, 2.05) is 22.8 Å². The van der Waals surface area contributed by atoms with Crippen molar-refractivity contribution in [1.29, 1.82) is 0 Å². The third-order valence-corrected chi connectivity index (χ3v) is 8.43. The monoisotopic (exact) mass is 484 g/mol. The van der Waals surface area contributed by atoms with E-state index in [4.69, 9.17) is 9.97 Å². The first kappa shape index (κ1) is 22.2. The van der Waals surface area contributed by atoms with Crippen LogP contribution in [0, 0.1) is 11.8 Å². The number of H-pyrrole nitrogens is 1. The summed E-state index contributed by atoms with van der Waals surface area (Å²) in [6.07, 6.45) is 2.05. The van der Waals surface area contributed by atoms with Crippen LogP contribution >= 0.6 is 23.1 Å². The normalized spacial score (nSPS) is 19.1. The average molecular weight is 485 g/mol. The predicted molar refractivity (Wildman–Crippen MR) is 136 cm³/mol. The summed E-state index contributed by atoms with van der Waals surface area (Å²) in [4.78, 5) is 39.2. The van der Waals surface area contributed by atoms with Crippen LogP contribution in [0.5, 0.6) is 0 Å². The number of fused-ring (bicyclic) bond motifs is 2. The lowest BCUT2D eigenvalue weighted by atomic mass is 9.92. The molecule has 1 N–H and O–H groups in total. The molecule has 0 radical (unpaired) electrons. The van der Waals surface area contributed by atoms with E-state index in [1.165, 1.54) is 15.7 Å². The van der Waals surface area contributed by atoms with Gasteiger partial charge in [0.25, 0.3) is 5.56 Å². The Balaban J connectivity index is 1.42. The summed E-state index contributed by atoms with van der Waals surface area (Å²) in [5.41, 5.74) is 1.15. The molecule has 3 aromatic heterocycles. The van der Waals surface area contributed by atoms with Crippen LogP contribution in [0.1, 0.15) is 26.7 Å². The number of piperidine rings is 1. The van der Waals surface area contributed by atoms with Gasteiger partial charge in [-0.2, -0.15) is 4.98 Å². The van der Waals surface area contributed by atoms with Crippen molar-refractivity contribution in [3.05, 3.63) is 45.1 Å². The Morgan fingerprint density at radius 3 is 2.67 bits per heavy atom. The maximum absolute atomic E-state index is 12.8. The lowest BCUT2D eigenvalue weighted by Crippen LogP contribution is -2.40. The van der Waals surface area contributed by atoms with Gasteiger partial charge >= 0.3 is 5.69 Å². The number of nitrogens with one attached hydrogen (secondary N) is 1. The van der Waals surface area contributed by atoms with Gasteiger partial charge in [0.05, 0.1) is 10.2 Å². The van der Waals surface area contributed by atoms with Crippen molar-refractivity contribution in [2.24, 2.45) is 18.9 Å². The number of thioether (sulfide) groups is 1. The molecular weight excluding hydrogens is 456 g/mol. The minimum absolute atomic E-state index is 0.371. The highest BCUT2D eigenvalue weighted by molar-refractivity contribution is 8.01. The number of anilines is 1. The molecule has 0 amide bonds. The fourth-order valence-corrected chi connectivity index (χ4v) is 6.86. The lowest BCUT2D eigenvalue weighted by Gasteiger charge is -2.35. The van der Waals surface area contributed by atoms with Gasteiger partial charge in [-0.05, 0) is 36.8 Å². The number of imidazole rings is 1. The molecule has 4 heterocycles. The first-order valence-corrected chi connectivity index (χ1v) is 13.1. The molecule has 5 rings (SSSR count). The van der Waals surface area contributed by atoms with Gasteiger partial charge < -0.3 is 9.47 Å². The van der Waals surface area contributed by atoms with E-state index in [2.05, 4.69) is 29.8 Å². The van der Waals surface area contributed by atoms with Crippen LogP contribution in [0.25, 0.3) is 21.4 Å². The van der Waals surface area contributed by atoms with E-state index < -0.39 is 5.69 Å². The summed E-state index contributed by atoms with van der Waals surface area (Å²) < 4.78 is 5.70. The third kappa shape index (κ3) is 4.33. The standard InChI is InChI=1S/C23H28N6O2S2/c1-14-11-15(2)13-28(12-14)21-25-19-18(20(30)26-22(31)27(19)3)29(21)9-6-10-32-23-24-16-7-4-5-8-17(16)33-23/h4-5,7-8,14-15H,6,9-13H2,1-3H3,(H,26,30,31)/t14-,15+. The Kier molecular flexibility index (Phi) is 6.05. The smallest absolute Gasteiger partial charge is 0.329 e. The molecule has 0 spiro atoms. The second kappa shape index (κ2) is 8.98. The average Bonchev–Trinajstić information content (AvgIpc) is 3.36. The van der Waals surface area contributed by atoms with Crippen LogP contribution in [0.2, 0.25) is 0 Å². The third-order valence-electron chi connectivity index (χ3n) is 6.16. The minimum Gasteiger partial charge on any atom is -0.342 e. The van der Waals surface area contributed by atoms with Gasteiger partial charge in [0.1, 0.15) is 0 Å². The number of rotatable bonds is 6. The molecule has 1 aromatic carbocycles. The van der Waals surface area contributed by atoms with E-state index in [0.29, 0.717) is 29.5 Å². The number of hydrogen-bond acceptors (Lipinski definition) is 7. The molecular formula is C23H28N6O2S2. The van der Waals surface area contributed by atoms with E-state index in [1.54, 1.807) is 30.1 Å². The van der Waals surface area contributed by atoms with Crippen LogP contribution in [0.3, 0.4) is 0 Å². The highest BCUT2D eigenvalue weighted by Gasteiger charge is 2.27. The largest absolute Gasteiger partial charge is 0.342 e. The molecule has 8 nitrogen and oxygen atoms in total. The number of hydrogen-bond donors (Lipinski definition) is 1. The van der Waals surface area contributed by atoms with Gasteiger partial charge in [0.2, 0.25) is 5.95 Å². The molecule has 1 aliphatic heterocycles. The van der Waals surface area contributed by atoms with E-state index in [0.717, 1.165) is 41.1 Å². The second-order valence-corrected chi connectivity index (χ2v) is 11.4. The van der Waals surface area contributed by atoms with E-state index >= 15 is 0 Å². The number of thiazole rings is 1. The Morgan fingerprint density at radius 2 is 1.91 bits per heavy atom. The van der Waals surface area contributed by atoms with Gasteiger partial charge in [-0.1, -0.05) is 37.7 Å². The number of benzene rings is 1. The van der Waals surface area contributed by atoms with Gasteiger partial charge in [-0.15, -0.1) is 11.3 Å². The lowest BCUT2D eigenvalue weighted by molar-refractivity contribution is 0.351. The topological polar surface area (TPSA) is 88.8 Å². The van der Waals surface area contributed by atoms with Crippen LogP contribution < -0.4 is 16.1 Å². The molecule has 0 unspecified atom stereocenters. The summed E-state index contributed by atoms with van der Waals surface area (Å²) in [6, 6.07) is 8.18. The van der Waals surface area contributed by atoms with Crippen molar-refractivity contribution < 1.29 is 0 Å². The SMILES string of the molecule is C[C@@H]1C[C@H](C)CN(c2nc3c(c(=O)[nH]c(=O)n3C)n2CCCSc2nc3ccccc3s2)C1. The number of aromatic amines is 1. The molecule has 4 aromatic rings. The highest BCUT2D eigenvalue weighted by Crippen LogP contribution is 2.31. The van der Waals surface area contributed by atoms with Crippen molar-refractivity contribution in [2.75, 3.05) is 23.7 Å². The van der Waals surface area contributed by atoms with Crippen LogP contribution in [0.4, 0.5) is 5.95 Å². The molecule has 1 fully saturated rings. The molecule has 0 bridgehead atoms. The Hall–Kier alpha value is -2.59. The molecule has 0 saturated carbocycles. The fraction of sp³-hybridized carbons (Fsp3) is 0.478. The van der Waals surface area contributed by atoms with Crippen molar-refractivity contribution in [2.45, 2.75) is 37.6 Å².